The second-order valence-corrected chi connectivity index (χ2v) is 7.39. The molecule has 2 rings (SSSR count). The summed E-state index contributed by atoms with van der Waals surface area (Å²) >= 11 is 9.65. The minimum absolute atomic E-state index is 0.128. The largest absolute Gasteiger partial charge is 0.292 e. The van der Waals surface area contributed by atoms with Gasteiger partial charge in [0.05, 0.1) is 14.4 Å². The van der Waals surface area contributed by atoms with Crippen molar-refractivity contribution < 1.29 is 4.79 Å². The molecule has 2 aromatic heterocycles. The number of hydrogen-bond donors (Lipinski definition) is 0. The zero-order valence-corrected chi connectivity index (χ0v) is 13.3. The van der Waals surface area contributed by atoms with E-state index in [1.807, 2.05) is 24.3 Å². The van der Waals surface area contributed by atoms with E-state index in [4.69, 9.17) is 0 Å². The van der Waals surface area contributed by atoms with Gasteiger partial charge in [-0.3, -0.25) is 4.79 Å². The summed E-state index contributed by atoms with van der Waals surface area (Å²) in [6.07, 6.45) is 1.72. The number of nitrogens with zero attached hydrogens (tertiary/aromatic N) is 1. The van der Waals surface area contributed by atoms with Gasteiger partial charge in [-0.2, -0.15) is 0 Å². The van der Waals surface area contributed by atoms with Gasteiger partial charge in [0.15, 0.2) is 5.78 Å². The highest BCUT2D eigenvalue weighted by molar-refractivity contribution is 9.11. The third kappa shape index (κ3) is 3.64. The molecule has 0 radical (unpaired) electrons. The fraction of sp³-hybridized carbons (Fsp3) is 0.0909. The SMILES string of the molecule is O=C(CSc1ncccc1Br)c1ccc(Br)s1. The third-order valence-electron chi connectivity index (χ3n) is 1.91. The van der Waals surface area contributed by atoms with Crippen LogP contribution in [-0.2, 0) is 0 Å². The average molecular weight is 393 g/mol. The molecule has 0 amide bonds. The molecule has 0 aliphatic heterocycles. The first-order valence-electron chi connectivity index (χ1n) is 4.68. The number of aromatic nitrogens is 1. The van der Waals surface area contributed by atoms with Crippen molar-refractivity contribution in [1.29, 1.82) is 0 Å². The van der Waals surface area contributed by atoms with Gasteiger partial charge in [-0.25, -0.2) is 4.98 Å². The topological polar surface area (TPSA) is 30.0 Å². The smallest absolute Gasteiger partial charge is 0.183 e. The van der Waals surface area contributed by atoms with Crippen LogP contribution in [0.1, 0.15) is 9.67 Å². The molecule has 17 heavy (non-hydrogen) atoms. The number of halogens is 2. The maximum absolute atomic E-state index is 11.9. The highest BCUT2D eigenvalue weighted by Gasteiger charge is 2.10. The van der Waals surface area contributed by atoms with Gasteiger partial charge < -0.3 is 0 Å². The number of thioether (sulfide) groups is 1. The Morgan fingerprint density at radius 1 is 1.35 bits per heavy atom. The van der Waals surface area contributed by atoms with E-state index in [0.29, 0.717) is 5.75 Å². The first-order valence-corrected chi connectivity index (χ1v) is 8.07. The van der Waals surface area contributed by atoms with Crippen molar-refractivity contribution in [3.05, 3.63) is 43.6 Å². The zero-order valence-electron chi connectivity index (χ0n) is 8.52. The van der Waals surface area contributed by atoms with Crippen LogP contribution in [0.25, 0.3) is 0 Å². The van der Waals surface area contributed by atoms with Crippen LogP contribution in [0.2, 0.25) is 0 Å². The van der Waals surface area contributed by atoms with E-state index in [1.54, 1.807) is 6.20 Å². The predicted molar refractivity (Wildman–Crippen MR) is 79.0 cm³/mol. The molecule has 0 unspecified atom stereocenters. The number of pyridine rings is 1. The second kappa shape index (κ2) is 6.13. The van der Waals surface area contributed by atoms with Crippen molar-refractivity contribution in [2.45, 2.75) is 5.03 Å². The van der Waals surface area contributed by atoms with E-state index >= 15 is 0 Å². The standard InChI is InChI=1S/C11H7Br2NOS2/c12-7-2-1-5-14-11(7)16-6-8(15)9-3-4-10(13)17-9/h1-5H,6H2. The minimum Gasteiger partial charge on any atom is -0.292 e. The summed E-state index contributed by atoms with van der Waals surface area (Å²) in [6.45, 7) is 0. The van der Waals surface area contributed by atoms with Gasteiger partial charge in [-0.15, -0.1) is 11.3 Å². The Bertz CT molecular complexity index is 542. The van der Waals surface area contributed by atoms with Crippen LogP contribution in [-0.4, -0.2) is 16.5 Å². The van der Waals surface area contributed by atoms with Crippen LogP contribution in [0.4, 0.5) is 0 Å². The molecule has 0 aliphatic carbocycles. The zero-order chi connectivity index (χ0) is 12.3. The molecule has 0 atom stereocenters. The highest BCUT2D eigenvalue weighted by Crippen LogP contribution is 2.27. The van der Waals surface area contributed by atoms with E-state index in [0.717, 1.165) is 18.2 Å². The number of carbonyl (C=O) groups is 1. The van der Waals surface area contributed by atoms with Crippen molar-refractivity contribution in [2.24, 2.45) is 0 Å². The van der Waals surface area contributed by atoms with Crippen LogP contribution in [0, 0.1) is 0 Å². The summed E-state index contributed by atoms with van der Waals surface area (Å²) in [6, 6.07) is 7.50. The number of thiophene rings is 1. The van der Waals surface area contributed by atoms with Crippen molar-refractivity contribution in [3.8, 4) is 0 Å². The number of hydrogen-bond acceptors (Lipinski definition) is 4. The van der Waals surface area contributed by atoms with Crippen LogP contribution in [0.15, 0.2) is 43.7 Å². The normalized spacial score (nSPS) is 10.5. The van der Waals surface area contributed by atoms with Crippen molar-refractivity contribution in [2.75, 3.05) is 5.75 Å². The lowest BCUT2D eigenvalue weighted by molar-refractivity contribution is 0.102. The molecule has 0 saturated carbocycles. The molecule has 2 nitrogen and oxygen atoms in total. The lowest BCUT2D eigenvalue weighted by atomic mass is 10.4. The van der Waals surface area contributed by atoms with Crippen LogP contribution in [0.3, 0.4) is 0 Å². The van der Waals surface area contributed by atoms with Crippen molar-refractivity contribution in [1.82, 2.24) is 4.98 Å². The monoisotopic (exact) mass is 391 g/mol. The predicted octanol–water partition coefficient (Wildman–Crippen LogP) is 4.64. The Kier molecular flexibility index (Phi) is 4.78. The van der Waals surface area contributed by atoms with E-state index in [9.17, 15) is 4.79 Å². The fourth-order valence-electron chi connectivity index (χ4n) is 1.15. The fourth-order valence-corrected chi connectivity index (χ4v) is 3.92. The lowest BCUT2D eigenvalue weighted by Crippen LogP contribution is -1.99. The molecule has 6 heteroatoms. The summed E-state index contributed by atoms with van der Waals surface area (Å²) in [5.74, 6) is 0.533. The first kappa shape index (κ1) is 13.3. The van der Waals surface area contributed by atoms with Crippen LogP contribution < -0.4 is 0 Å². The van der Waals surface area contributed by atoms with E-state index in [2.05, 4.69) is 36.8 Å². The Hall–Kier alpha value is -0.170. The summed E-state index contributed by atoms with van der Waals surface area (Å²) in [4.78, 5) is 16.8. The Morgan fingerprint density at radius 3 is 2.82 bits per heavy atom. The molecule has 0 saturated heterocycles. The van der Waals surface area contributed by atoms with Crippen LogP contribution >= 0.6 is 55.0 Å². The number of carbonyl (C=O) groups excluding carboxylic acids is 1. The van der Waals surface area contributed by atoms with Gasteiger partial charge in [0.2, 0.25) is 0 Å². The molecule has 0 aliphatic rings. The Labute approximate surface area is 124 Å². The van der Waals surface area contributed by atoms with Gasteiger partial charge in [-0.05, 0) is 56.1 Å². The number of Topliss-reactive ketones (excluding diaryl/α,β-unsaturated/α-hetero) is 1. The number of rotatable bonds is 4. The molecule has 0 spiro atoms. The summed E-state index contributed by atoms with van der Waals surface area (Å²) in [7, 11) is 0. The summed E-state index contributed by atoms with van der Waals surface area (Å²) < 4.78 is 1.90. The molecular weight excluding hydrogens is 386 g/mol. The Balaban J connectivity index is 1.99. The summed E-state index contributed by atoms with van der Waals surface area (Å²) in [5.41, 5.74) is 0. The number of ketones is 1. The molecule has 0 N–H and O–H groups in total. The Morgan fingerprint density at radius 2 is 2.18 bits per heavy atom. The van der Waals surface area contributed by atoms with Crippen molar-refractivity contribution >= 4 is 60.7 Å². The van der Waals surface area contributed by atoms with E-state index in [1.165, 1.54) is 23.1 Å². The molecule has 2 heterocycles. The van der Waals surface area contributed by atoms with Gasteiger partial charge in [-0.1, -0.05) is 11.8 Å². The van der Waals surface area contributed by atoms with Gasteiger partial charge in [0, 0.05) is 10.7 Å². The quantitative estimate of drug-likeness (QED) is 0.560. The molecule has 0 bridgehead atoms. The minimum atomic E-state index is 0.128. The molecule has 88 valence electrons. The summed E-state index contributed by atoms with van der Waals surface area (Å²) in [5, 5.41) is 0.844. The van der Waals surface area contributed by atoms with E-state index < -0.39 is 0 Å². The highest BCUT2D eigenvalue weighted by atomic mass is 79.9. The maximum Gasteiger partial charge on any atom is 0.183 e. The third-order valence-corrected chi connectivity index (χ3v) is 5.49. The lowest BCUT2D eigenvalue weighted by Gasteiger charge is -2.01. The molecule has 0 aromatic carbocycles. The average Bonchev–Trinajstić information content (AvgIpc) is 2.74. The second-order valence-electron chi connectivity index (χ2n) is 3.11. The molecule has 0 fully saturated rings. The van der Waals surface area contributed by atoms with Gasteiger partial charge in [0.1, 0.15) is 5.03 Å². The molecule has 2 aromatic rings. The van der Waals surface area contributed by atoms with E-state index in [-0.39, 0.29) is 5.78 Å². The van der Waals surface area contributed by atoms with Gasteiger partial charge >= 0.3 is 0 Å². The van der Waals surface area contributed by atoms with Crippen LogP contribution in [0.5, 0.6) is 0 Å². The maximum atomic E-state index is 11.9. The first-order chi connectivity index (χ1) is 8.16. The van der Waals surface area contributed by atoms with Gasteiger partial charge in [0.25, 0.3) is 0 Å². The van der Waals surface area contributed by atoms with Crippen molar-refractivity contribution in [3.63, 3.8) is 0 Å². The molecular formula is C11H7Br2NOS2.